The van der Waals surface area contributed by atoms with Gasteiger partial charge in [0.1, 0.15) is 5.75 Å². The van der Waals surface area contributed by atoms with Gasteiger partial charge in [-0.1, -0.05) is 39.3 Å². The summed E-state index contributed by atoms with van der Waals surface area (Å²) < 4.78 is 5.65. The van der Waals surface area contributed by atoms with Crippen molar-refractivity contribution in [1.29, 1.82) is 0 Å². The van der Waals surface area contributed by atoms with E-state index >= 15 is 0 Å². The summed E-state index contributed by atoms with van der Waals surface area (Å²) in [6.45, 7) is 8.82. The molecule has 0 aliphatic heterocycles. The number of fused-ring (bicyclic) bond motifs is 2. The SMILES string of the molecule is C[C@@H](NC(=O)COc1ccc(C(C)(C)C)cc1)[C@@H]1C[C@@H]2CC[C@@H]1C2. The van der Waals surface area contributed by atoms with Gasteiger partial charge in [-0.15, -0.1) is 0 Å². The maximum atomic E-state index is 12.2. The minimum absolute atomic E-state index is 0.00910. The molecule has 132 valence electrons. The molecule has 3 rings (SSSR count). The van der Waals surface area contributed by atoms with Crippen LogP contribution in [0, 0.1) is 17.8 Å². The maximum absolute atomic E-state index is 12.2. The van der Waals surface area contributed by atoms with E-state index in [1.807, 2.05) is 12.1 Å². The van der Waals surface area contributed by atoms with Crippen molar-refractivity contribution in [3.05, 3.63) is 29.8 Å². The van der Waals surface area contributed by atoms with Crippen LogP contribution in [0.3, 0.4) is 0 Å². The van der Waals surface area contributed by atoms with Gasteiger partial charge in [-0.3, -0.25) is 4.79 Å². The van der Waals surface area contributed by atoms with Gasteiger partial charge in [0.2, 0.25) is 0 Å². The van der Waals surface area contributed by atoms with Gasteiger partial charge in [-0.2, -0.15) is 0 Å². The van der Waals surface area contributed by atoms with E-state index in [1.54, 1.807) is 0 Å². The average Bonchev–Trinajstić information content (AvgIpc) is 3.15. The highest BCUT2D eigenvalue weighted by atomic mass is 16.5. The monoisotopic (exact) mass is 329 g/mol. The number of carbonyl (C=O) groups excluding carboxylic acids is 1. The first-order valence-corrected chi connectivity index (χ1v) is 9.35. The number of carbonyl (C=O) groups is 1. The summed E-state index contributed by atoms with van der Waals surface area (Å²) in [6, 6.07) is 8.32. The van der Waals surface area contributed by atoms with Crippen molar-refractivity contribution >= 4 is 5.91 Å². The molecule has 3 heteroatoms. The number of ether oxygens (including phenoxy) is 1. The summed E-state index contributed by atoms with van der Waals surface area (Å²) in [4.78, 5) is 12.2. The second-order valence-corrected chi connectivity index (χ2v) is 8.76. The lowest BCUT2D eigenvalue weighted by atomic mass is 9.84. The van der Waals surface area contributed by atoms with Gasteiger partial charge < -0.3 is 10.1 Å². The highest BCUT2D eigenvalue weighted by Crippen LogP contribution is 2.49. The Kier molecular flexibility index (Phi) is 4.89. The van der Waals surface area contributed by atoms with Crippen LogP contribution in [0.15, 0.2) is 24.3 Å². The lowest BCUT2D eigenvalue weighted by Crippen LogP contribution is -2.42. The largest absolute Gasteiger partial charge is 0.484 e. The molecule has 0 aromatic heterocycles. The molecule has 1 amide bonds. The fourth-order valence-corrected chi connectivity index (χ4v) is 4.51. The maximum Gasteiger partial charge on any atom is 0.258 e. The Bertz CT molecular complexity index is 572. The smallest absolute Gasteiger partial charge is 0.258 e. The molecule has 4 atom stereocenters. The number of hydrogen-bond acceptors (Lipinski definition) is 2. The molecule has 2 aliphatic carbocycles. The van der Waals surface area contributed by atoms with E-state index in [0.29, 0.717) is 5.92 Å². The van der Waals surface area contributed by atoms with Gasteiger partial charge in [0.25, 0.3) is 5.91 Å². The second kappa shape index (κ2) is 6.78. The fourth-order valence-electron chi connectivity index (χ4n) is 4.51. The van der Waals surface area contributed by atoms with Crippen molar-refractivity contribution in [2.45, 2.75) is 64.8 Å². The summed E-state index contributed by atoms with van der Waals surface area (Å²) >= 11 is 0. The number of rotatable bonds is 5. The molecule has 0 unspecified atom stereocenters. The molecule has 1 aromatic carbocycles. The molecule has 1 N–H and O–H groups in total. The van der Waals surface area contributed by atoms with Crippen molar-refractivity contribution in [2.75, 3.05) is 6.61 Å². The molecule has 2 saturated carbocycles. The van der Waals surface area contributed by atoms with Gasteiger partial charge in [0.05, 0.1) is 0 Å². The predicted octanol–water partition coefficient (Wildman–Crippen LogP) is 4.30. The molecule has 2 aliphatic rings. The molecule has 0 spiro atoms. The van der Waals surface area contributed by atoms with Crippen LogP contribution in [0.5, 0.6) is 5.75 Å². The minimum Gasteiger partial charge on any atom is -0.484 e. The fraction of sp³-hybridized carbons (Fsp3) is 0.667. The summed E-state index contributed by atoms with van der Waals surface area (Å²) in [5.41, 5.74) is 1.40. The highest BCUT2D eigenvalue weighted by Gasteiger charge is 2.42. The van der Waals surface area contributed by atoms with E-state index in [0.717, 1.165) is 17.6 Å². The van der Waals surface area contributed by atoms with E-state index in [4.69, 9.17) is 4.74 Å². The number of amides is 1. The first kappa shape index (κ1) is 17.3. The van der Waals surface area contributed by atoms with Crippen molar-refractivity contribution < 1.29 is 9.53 Å². The van der Waals surface area contributed by atoms with Gasteiger partial charge in [-0.05, 0) is 67.1 Å². The minimum atomic E-state index is -0.00910. The van der Waals surface area contributed by atoms with E-state index in [1.165, 1.54) is 31.2 Å². The van der Waals surface area contributed by atoms with Crippen LogP contribution >= 0.6 is 0 Å². The second-order valence-electron chi connectivity index (χ2n) is 8.76. The standard InChI is InChI=1S/C21H31NO2/c1-14(19-12-15-5-6-16(19)11-15)22-20(23)13-24-18-9-7-17(8-10-18)21(2,3)4/h7-10,14-16,19H,5-6,11-13H2,1-4H3,(H,22,23)/t14-,15-,16-,19+/m1/s1. The molecular formula is C21H31NO2. The highest BCUT2D eigenvalue weighted by molar-refractivity contribution is 5.77. The van der Waals surface area contributed by atoms with E-state index in [9.17, 15) is 4.79 Å². The third kappa shape index (κ3) is 3.93. The first-order chi connectivity index (χ1) is 11.3. The summed E-state index contributed by atoms with van der Waals surface area (Å²) in [5.74, 6) is 3.16. The third-order valence-electron chi connectivity index (χ3n) is 5.91. The van der Waals surface area contributed by atoms with Crippen molar-refractivity contribution in [1.82, 2.24) is 5.32 Å². The Morgan fingerprint density at radius 3 is 2.46 bits per heavy atom. The van der Waals surface area contributed by atoms with E-state index in [2.05, 4.69) is 45.1 Å². The Balaban J connectivity index is 1.45. The zero-order valence-corrected chi connectivity index (χ0v) is 15.5. The molecule has 24 heavy (non-hydrogen) atoms. The molecule has 2 fully saturated rings. The molecule has 0 saturated heterocycles. The van der Waals surface area contributed by atoms with Crippen LogP contribution in [0.25, 0.3) is 0 Å². The van der Waals surface area contributed by atoms with Gasteiger partial charge in [0.15, 0.2) is 6.61 Å². The van der Waals surface area contributed by atoms with Crippen molar-refractivity contribution in [3.8, 4) is 5.75 Å². The van der Waals surface area contributed by atoms with Crippen molar-refractivity contribution in [2.24, 2.45) is 17.8 Å². The summed E-state index contributed by atoms with van der Waals surface area (Å²) in [7, 11) is 0. The number of nitrogens with one attached hydrogen (secondary N) is 1. The van der Waals surface area contributed by atoms with E-state index in [-0.39, 0.29) is 24.0 Å². The van der Waals surface area contributed by atoms with Crippen LogP contribution in [-0.2, 0) is 10.2 Å². The van der Waals surface area contributed by atoms with Crippen LogP contribution in [0.4, 0.5) is 0 Å². The third-order valence-corrected chi connectivity index (χ3v) is 5.91. The topological polar surface area (TPSA) is 38.3 Å². The predicted molar refractivity (Wildman–Crippen MR) is 97.2 cm³/mol. The summed E-state index contributed by atoms with van der Waals surface area (Å²) in [6.07, 6.45) is 5.42. The summed E-state index contributed by atoms with van der Waals surface area (Å²) in [5, 5.41) is 3.15. The molecular weight excluding hydrogens is 298 g/mol. The van der Waals surface area contributed by atoms with Crippen LogP contribution in [-0.4, -0.2) is 18.6 Å². The van der Waals surface area contributed by atoms with E-state index < -0.39 is 0 Å². The lowest BCUT2D eigenvalue weighted by molar-refractivity contribution is -0.124. The number of hydrogen-bond donors (Lipinski definition) is 1. The average molecular weight is 329 g/mol. The normalized spacial score (nSPS) is 27.1. The lowest BCUT2D eigenvalue weighted by Gasteiger charge is -2.28. The first-order valence-electron chi connectivity index (χ1n) is 9.35. The van der Waals surface area contributed by atoms with Crippen LogP contribution in [0.2, 0.25) is 0 Å². The quantitative estimate of drug-likeness (QED) is 0.874. The van der Waals surface area contributed by atoms with Gasteiger partial charge in [-0.25, -0.2) is 0 Å². The van der Waals surface area contributed by atoms with Gasteiger partial charge >= 0.3 is 0 Å². The van der Waals surface area contributed by atoms with Crippen molar-refractivity contribution in [3.63, 3.8) is 0 Å². The van der Waals surface area contributed by atoms with Crippen LogP contribution < -0.4 is 10.1 Å². The molecule has 3 nitrogen and oxygen atoms in total. The Labute approximate surface area is 146 Å². The van der Waals surface area contributed by atoms with Gasteiger partial charge in [0, 0.05) is 6.04 Å². The molecule has 0 radical (unpaired) electrons. The molecule has 0 heterocycles. The Hall–Kier alpha value is -1.51. The zero-order chi connectivity index (χ0) is 17.3. The van der Waals surface area contributed by atoms with Crippen LogP contribution in [0.1, 0.15) is 58.9 Å². The zero-order valence-electron chi connectivity index (χ0n) is 15.5. The number of benzene rings is 1. The molecule has 1 aromatic rings. The Morgan fingerprint density at radius 1 is 1.21 bits per heavy atom. The molecule has 2 bridgehead atoms. The Morgan fingerprint density at radius 2 is 1.92 bits per heavy atom.